The molecule has 0 spiro atoms. The van der Waals surface area contributed by atoms with E-state index in [4.69, 9.17) is 0 Å². The van der Waals surface area contributed by atoms with Crippen LogP contribution in [0.5, 0.6) is 0 Å². The number of hydrogen-bond acceptors (Lipinski definition) is 4. The number of nitrogens with one attached hydrogen (secondary N) is 1. The summed E-state index contributed by atoms with van der Waals surface area (Å²) >= 11 is 1.63. The fourth-order valence-electron chi connectivity index (χ4n) is 2.60. The van der Waals surface area contributed by atoms with Gasteiger partial charge in [-0.25, -0.2) is 0 Å². The van der Waals surface area contributed by atoms with Crippen LogP contribution in [-0.2, 0) is 15.6 Å². The van der Waals surface area contributed by atoms with Crippen LogP contribution in [0.4, 0.5) is 0 Å². The first-order valence-electron chi connectivity index (χ1n) is 7.31. The molecule has 1 aromatic heterocycles. The highest BCUT2D eigenvalue weighted by Crippen LogP contribution is 2.29. The molecule has 2 rings (SSSR count). The van der Waals surface area contributed by atoms with Gasteiger partial charge in [-0.05, 0) is 41.7 Å². The van der Waals surface area contributed by atoms with E-state index in [9.17, 15) is 9.00 Å². The van der Waals surface area contributed by atoms with Gasteiger partial charge < -0.3 is 4.90 Å². The number of rotatable bonds is 6. The first-order chi connectivity index (χ1) is 9.90. The van der Waals surface area contributed by atoms with E-state index in [1.807, 2.05) is 23.3 Å². The molecule has 0 aliphatic carbocycles. The highest BCUT2D eigenvalue weighted by atomic mass is 32.2. The van der Waals surface area contributed by atoms with Gasteiger partial charge in [0.2, 0.25) is 5.91 Å². The molecule has 0 radical (unpaired) electrons. The van der Waals surface area contributed by atoms with Crippen molar-refractivity contribution in [3.63, 3.8) is 0 Å². The Kier molecular flexibility index (Phi) is 5.57. The molecule has 0 saturated carbocycles. The Labute approximate surface area is 133 Å². The van der Waals surface area contributed by atoms with Gasteiger partial charge in [0.25, 0.3) is 0 Å². The molecule has 4 atom stereocenters. The van der Waals surface area contributed by atoms with E-state index < -0.39 is 10.8 Å². The van der Waals surface area contributed by atoms with Gasteiger partial charge >= 0.3 is 0 Å². The van der Waals surface area contributed by atoms with Crippen LogP contribution in [0.1, 0.15) is 38.9 Å². The Hall–Kier alpha value is -0.720. The molecule has 1 aliphatic heterocycles. The second-order valence-corrected chi connectivity index (χ2v) is 8.69. The summed E-state index contributed by atoms with van der Waals surface area (Å²) in [7, 11) is -0.924. The Balaban J connectivity index is 2.19. The molecule has 118 valence electrons. The molecular formula is C15H24N2O2S2. The van der Waals surface area contributed by atoms with E-state index in [-0.39, 0.29) is 23.4 Å². The molecule has 1 aliphatic rings. The first kappa shape index (κ1) is 16.6. The van der Waals surface area contributed by atoms with Crippen LogP contribution < -0.4 is 5.32 Å². The maximum Gasteiger partial charge on any atom is 0.241 e. The van der Waals surface area contributed by atoms with Gasteiger partial charge in [0.1, 0.15) is 6.17 Å². The van der Waals surface area contributed by atoms with Crippen molar-refractivity contribution < 1.29 is 9.00 Å². The molecule has 4 nitrogen and oxygen atoms in total. The summed E-state index contributed by atoms with van der Waals surface area (Å²) in [5.41, 5.74) is 1.12. The lowest BCUT2D eigenvalue weighted by atomic mass is 10.0. The van der Waals surface area contributed by atoms with Gasteiger partial charge in [0.05, 0.1) is 6.04 Å². The lowest BCUT2D eigenvalue weighted by molar-refractivity contribution is -0.130. The molecule has 1 aromatic rings. The van der Waals surface area contributed by atoms with Crippen molar-refractivity contribution in [2.45, 2.75) is 44.6 Å². The molecular weight excluding hydrogens is 304 g/mol. The minimum absolute atomic E-state index is 0.0188. The monoisotopic (exact) mass is 328 g/mol. The average molecular weight is 329 g/mol. The first-order valence-corrected chi connectivity index (χ1v) is 9.87. The SMILES string of the molecule is CC(C)CC1NC(c2ccsc2)N(CC(C)S(C)=O)C1=O. The Bertz CT molecular complexity index is 502. The van der Waals surface area contributed by atoms with E-state index in [1.54, 1.807) is 17.6 Å². The summed E-state index contributed by atoms with van der Waals surface area (Å²) < 4.78 is 11.6. The van der Waals surface area contributed by atoms with Crippen LogP contribution in [0.15, 0.2) is 16.8 Å². The summed E-state index contributed by atoms with van der Waals surface area (Å²) in [5, 5.41) is 7.53. The third-order valence-electron chi connectivity index (χ3n) is 3.84. The summed E-state index contributed by atoms with van der Waals surface area (Å²) in [4.78, 5) is 14.5. The maximum atomic E-state index is 12.7. The van der Waals surface area contributed by atoms with Crippen LogP contribution in [0.25, 0.3) is 0 Å². The number of thiophene rings is 1. The normalized spacial score (nSPS) is 25.6. The summed E-state index contributed by atoms with van der Waals surface area (Å²) in [6.45, 7) is 6.72. The molecule has 0 aromatic carbocycles. The molecule has 1 amide bonds. The highest BCUT2D eigenvalue weighted by Gasteiger charge is 2.40. The van der Waals surface area contributed by atoms with E-state index in [0.29, 0.717) is 12.5 Å². The van der Waals surface area contributed by atoms with Crippen molar-refractivity contribution in [1.29, 1.82) is 0 Å². The van der Waals surface area contributed by atoms with Crippen LogP contribution in [0, 0.1) is 5.92 Å². The molecule has 4 unspecified atom stereocenters. The van der Waals surface area contributed by atoms with Gasteiger partial charge in [0, 0.05) is 28.9 Å². The predicted molar refractivity (Wildman–Crippen MR) is 88.7 cm³/mol. The zero-order chi connectivity index (χ0) is 15.6. The summed E-state index contributed by atoms with van der Waals surface area (Å²) in [6, 6.07) is 1.92. The summed E-state index contributed by atoms with van der Waals surface area (Å²) in [5.74, 6) is 0.601. The lowest BCUT2D eigenvalue weighted by Gasteiger charge is -2.26. The van der Waals surface area contributed by atoms with Gasteiger partial charge in [0.15, 0.2) is 0 Å². The summed E-state index contributed by atoms with van der Waals surface area (Å²) in [6.07, 6.45) is 2.45. The predicted octanol–water partition coefficient (Wildman–Crippen LogP) is 2.36. The van der Waals surface area contributed by atoms with Gasteiger partial charge in [-0.2, -0.15) is 11.3 Å². The fraction of sp³-hybridized carbons (Fsp3) is 0.667. The van der Waals surface area contributed by atoms with Crippen molar-refractivity contribution in [3.05, 3.63) is 22.4 Å². The number of carbonyl (C=O) groups excluding carboxylic acids is 1. The molecule has 2 heterocycles. The van der Waals surface area contributed by atoms with E-state index in [1.165, 1.54) is 0 Å². The van der Waals surface area contributed by atoms with Crippen LogP contribution in [0.2, 0.25) is 0 Å². The average Bonchev–Trinajstić information content (AvgIpc) is 3.01. The van der Waals surface area contributed by atoms with E-state index in [0.717, 1.165) is 12.0 Å². The van der Waals surface area contributed by atoms with E-state index >= 15 is 0 Å². The smallest absolute Gasteiger partial charge is 0.241 e. The highest BCUT2D eigenvalue weighted by molar-refractivity contribution is 7.84. The van der Waals surface area contributed by atoms with Gasteiger partial charge in [-0.3, -0.25) is 14.3 Å². The third kappa shape index (κ3) is 3.93. The van der Waals surface area contributed by atoms with Crippen molar-refractivity contribution in [1.82, 2.24) is 10.2 Å². The molecule has 1 fully saturated rings. The lowest BCUT2D eigenvalue weighted by Crippen LogP contribution is -2.37. The maximum absolute atomic E-state index is 12.7. The molecule has 1 saturated heterocycles. The van der Waals surface area contributed by atoms with Crippen LogP contribution in [0.3, 0.4) is 0 Å². The zero-order valence-corrected chi connectivity index (χ0v) is 14.7. The molecule has 1 N–H and O–H groups in total. The Morgan fingerprint density at radius 2 is 2.14 bits per heavy atom. The van der Waals surface area contributed by atoms with Crippen molar-refractivity contribution in [3.8, 4) is 0 Å². The minimum Gasteiger partial charge on any atom is -0.320 e. The number of nitrogens with zero attached hydrogens (tertiary/aromatic N) is 1. The quantitative estimate of drug-likeness (QED) is 0.872. The van der Waals surface area contributed by atoms with Crippen LogP contribution in [-0.4, -0.2) is 39.1 Å². The number of carbonyl (C=O) groups is 1. The minimum atomic E-state index is -0.924. The van der Waals surface area contributed by atoms with Crippen molar-refractivity contribution in [2.24, 2.45) is 5.92 Å². The molecule has 6 heteroatoms. The number of hydrogen-bond donors (Lipinski definition) is 1. The van der Waals surface area contributed by atoms with Gasteiger partial charge in [-0.1, -0.05) is 13.8 Å². The van der Waals surface area contributed by atoms with Crippen molar-refractivity contribution in [2.75, 3.05) is 12.8 Å². The Morgan fingerprint density at radius 3 is 2.67 bits per heavy atom. The zero-order valence-electron chi connectivity index (χ0n) is 13.0. The second-order valence-electron chi connectivity index (χ2n) is 6.11. The van der Waals surface area contributed by atoms with Crippen molar-refractivity contribution >= 4 is 28.0 Å². The van der Waals surface area contributed by atoms with Gasteiger partial charge in [-0.15, -0.1) is 0 Å². The number of amides is 1. The second kappa shape index (κ2) is 7.03. The molecule has 0 bridgehead atoms. The van der Waals surface area contributed by atoms with E-state index in [2.05, 4.69) is 24.5 Å². The molecule has 21 heavy (non-hydrogen) atoms. The topological polar surface area (TPSA) is 49.4 Å². The third-order valence-corrected chi connectivity index (χ3v) is 5.82. The van der Waals surface area contributed by atoms with Crippen LogP contribution >= 0.6 is 11.3 Å². The fourth-order valence-corrected chi connectivity index (χ4v) is 3.65. The largest absolute Gasteiger partial charge is 0.320 e. The Morgan fingerprint density at radius 1 is 1.43 bits per heavy atom. The standard InChI is InChI=1S/C15H24N2O2S2/c1-10(2)7-13-15(18)17(8-11(3)21(4)19)14(16-13)12-5-6-20-9-12/h5-6,9-11,13-14,16H,7-8H2,1-4H3.